The number of fused-ring (bicyclic) bond motifs is 1. The molecule has 1 aromatic carbocycles. The smallest absolute Gasteiger partial charge is 0.264 e. The molecule has 2 aromatic heterocycles. The first-order chi connectivity index (χ1) is 8.25. The molecule has 84 valence electrons. The zero-order chi connectivity index (χ0) is 11.8. The number of hydrogen-bond donors (Lipinski definition) is 2. The largest absolute Gasteiger partial charge is 0.369 e. The molecule has 0 atom stereocenters. The second kappa shape index (κ2) is 3.48. The highest BCUT2D eigenvalue weighted by Crippen LogP contribution is 2.15. The van der Waals surface area contributed by atoms with E-state index in [1.165, 1.54) is 10.8 Å². The average Bonchev–Trinajstić information content (AvgIpc) is 2.95. The van der Waals surface area contributed by atoms with Crippen molar-refractivity contribution in [1.29, 1.82) is 0 Å². The van der Waals surface area contributed by atoms with Crippen LogP contribution in [0.4, 0.5) is 5.95 Å². The highest BCUT2D eigenvalue weighted by atomic mass is 16.2. The van der Waals surface area contributed by atoms with Crippen molar-refractivity contribution in [2.45, 2.75) is 0 Å². The fourth-order valence-corrected chi connectivity index (χ4v) is 1.81. The molecule has 3 rings (SSSR count). The van der Waals surface area contributed by atoms with Gasteiger partial charge in [-0.25, -0.2) is 4.98 Å². The van der Waals surface area contributed by atoms with E-state index in [1.807, 2.05) is 18.3 Å². The van der Waals surface area contributed by atoms with Gasteiger partial charge in [0.1, 0.15) is 0 Å². The number of imidazole rings is 1. The first kappa shape index (κ1) is 9.65. The maximum absolute atomic E-state index is 12.1. The number of H-pyrrole nitrogens is 1. The van der Waals surface area contributed by atoms with Gasteiger partial charge in [0, 0.05) is 29.7 Å². The quantitative estimate of drug-likeness (QED) is 0.662. The highest BCUT2D eigenvalue weighted by Gasteiger charge is 2.11. The van der Waals surface area contributed by atoms with Gasteiger partial charge in [-0.05, 0) is 23.6 Å². The van der Waals surface area contributed by atoms with Gasteiger partial charge in [-0.15, -0.1) is 0 Å². The van der Waals surface area contributed by atoms with Crippen LogP contribution < -0.4 is 5.73 Å². The predicted molar refractivity (Wildman–Crippen MR) is 64.7 cm³/mol. The molecule has 0 aliphatic heterocycles. The average molecular weight is 226 g/mol. The summed E-state index contributed by atoms with van der Waals surface area (Å²) in [5.41, 5.74) is 7.09. The number of rotatable bonds is 1. The van der Waals surface area contributed by atoms with Crippen LogP contribution in [0.15, 0.2) is 42.9 Å². The minimum atomic E-state index is -0.184. The van der Waals surface area contributed by atoms with E-state index in [-0.39, 0.29) is 11.9 Å². The summed E-state index contributed by atoms with van der Waals surface area (Å²) in [5.74, 6) is 0.0121. The van der Waals surface area contributed by atoms with Crippen LogP contribution in [0.2, 0.25) is 0 Å². The number of carbonyl (C=O) groups excluding carboxylic acids is 1. The van der Waals surface area contributed by atoms with E-state index < -0.39 is 0 Å². The predicted octanol–water partition coefficient (Wildman–Crippen LogP) is 1.64. The van der Waals surface area contributed by atoms with Gasteiger partial charge in [-0.3, -0.25) is 9.36 Å². The zero-order valence-electron chi connectivity index (χ0n) is 8.92. The minimum Gasteiger partial charge on any atom is -0.369 e. The van der Waals surface area contributed by atoms with Gasteiger partial charge in [0.05, 0.1) is 0 Å². The van der Waals surface area contributed by atoms with Crippen LogP contribution in [-0.4, -0.2) is 20.4 Å². The van der Waals surface area contributed by atoms with E-state index in [0.29, 0.717) is 5.56 Å². The molecule has 3 aromatic rings. The van der Waals surface area contributed by atoms with Crippen LogP contribution in [0.3, 0.4) is 0 Å². The van der Waals surface area contributed by atoms with E-state index in [2.05, 4.69) is 9.97 Å². The lowest BCUT2D eigenvalue weighted by Gasteiger charge is -2.03. The van der Waals surface area contributed by atoms with Crippen LogP contribution in [0.5, 0.6) is 0 Å². The lowest BCUT2D eigenvalue weighted by molar-refractivity contribution is 0.0962. The van der Waals surface area contributed by atoms with Gasteiger partial charge >= 0.3 is 0 Å². The van der Waals surface area contributed by atoms with Crippen LogP contribution in [0, 0.1) is 0 Å². The molecule has 3 N–H and O–H groups in total. The third kappa shape index (κ3) is 1.48. The molecule has 0 unspecified atom stereocenters. The summed E-state index contributed by atoms with van der Waals surface area (Å²) in [7, 11) is 0. The number of nitrogens with one attached hydrogen (secondary N) is 1. The number of nitrogens with zero attached hydrogens (tertiary/aromatic N) is 2. The Balaban J connectivity index is 2.09. The van der Waals surface area contributed by atoms with Crippen molar-refractivity contribution in [1.82, 2.24) is 14.5 Å². The molecule has 5 nitrogen and oxygen atoms in total. The first-order valence-electron chi connectivity index (χ1n) is 5.16. The normalized spacial score (nSPS) is 10.8. The monoisotopic (exact) mass is 226 g/mol. The maximum Gasteiger partial charge on any atom is 0.264 e. The number of aromatic nitrogens is 3. The lowest BCUT2D eigenvalue weighted by Crippen LogP contribution is -2.13. The van der Waals surface area contributed by atoms with Gasteiger partial charge in [0.15, 0.2) is 0 Å². The molecule has 0 bridgehead atoms. The minimum absolute atomic E-state index is 0.184. The fraction of sp³-hybridized carbons (Fsp3) is 0. The molecule has 0 spiro atoms. The standard InChI is InChI=1S/C12H10N4O/c13-12-15-5-6-16(12)11(17)9-2-1-8-3-4-14-10(8)7-9/h1-7,14H,(H2,13,15). The van der Waals surface area contributed by atoms with Gasteiger partial charge in [0.2, 0.25) is 5.95 Å². The molecule has 2 heterocycles. The summed E-state index contributed by atoms with van der Waals surface area (Å²) in [6.45, 7) is 0. The Bertz CT molecular complexity index is 695. The fourth-order valence-electron chi connectivity index (χ4n) is 1.81. The molecular weight excluding hydrogens is 216 g/mol. The summed E-state index contributed by atoms with van der Waals surface area (Å²) >= 11 is 0. The van der Waals surface area contributed by atoms with Crippen LogP contribution in [-0.2, 0) is 0 Å². The van der Waals surface area contributed by atoms with Crippen LogP contribution in [0.25, 0.3) is 10.9 Å². The van der Waals surface area contributed by atoms with Gasteiger partial charge in [0.25, 0.3) is 5.91 Å². The van der Waals surface area contributed by atoms with E-state index >= 15 is 0 Å². The Hall–Kier alpha value is -2.56. The molecule has 0 fully saturated rings. The Morgan fingerprint density at radius 1 is 1.35 bits per heavy atom. The topological polar surface area (TPSA) is 76.7 Å². The third-order valence-electron chi connectivity index (χ3n) is 2.69. The SMILES string of the molecule is Nc1nccn1C(=O)c1ccc2cc[nH]c2c1. The van der Waals surface area contributed by atoms with Gasteiger partial charge in [-0.2, -0.15) is 0 Å². The molecule has 0 aliphatic carbocycles. The second-order valence-electron chi connectivity index (χ2n) is 3.74. The summed E-state index contributed by atoms with van der Waals surface area (Å²) < 4.78 is 1.32. The van der Waals surface area contributed by atoms with E-state index in [1.54, 1.807) is 18.3 Å². The summed E-state index contributed by atoms with van der Waals surface area (Å²) in [6, 6.07) is 7.43. The number of anilines is 1. The van der Waals surface area contributed by atoms with Crippen molar-refractivity contribution in [3.63, 3.8) is 0 Å². The van der Waals surface area contributed by atoms with E-state index in [9.17, 15) is 4.79 Å². The van der Waals surface area contributed by atoms with Crippen molar-refractivity contribution in [3.8, 4) is 0 Å². The molecule has 5 heteroatoms. The molecule has 0 amide bonds. The third-order valence-corrected chi connectivity index (χ3v) is 2.69. The number of nitrogens with two attached hydrogens (primary N) is 1. The van der Waals surface area contributed by atoms with Crippen molar-refractivity contribution < 1.29 is 4.79 Å². The molecule has 17 heavy (non-hydrogen) atoms. The Labute approximate surface area is 96.9 Å². The number of nitrogen functional groups attached to an aromatic ring is 1. The lowest BCUT2D eigenvalue weighted by atomic mass is 10.1. The highest BCUT2D eigenvalue weighted by molar-refractivity contribution is 6.00. The zero-order valence-corrected chi connectivity index (χ0v) is 8.92. The Morgan fingerprint density at radius 2 is 2.24 bits per heavy atom. The van der Waals surface area contributed by atoms with Crippen molar-refractivity contribution in [3.05, 3.63) is 48.4 Å². The molecule has 0 saturated carbocycles. The molecule has 0 radical (unpaired) electrons. The van der Waals surface area contributed by atoms with Crippen LogP contribution in [0.1, 0.15) is 10.4 Å². The molecular formula is C12H10N4O. The van der Waals surface area contributed by atoms with Gasteiger partial charge < -0.3 is 10.7 Å². The molecule has 0 saturated heterocycles. The van der Waals surface area contributed by atoms with Crippen LogP contribution >= 0.6 is 0 Å². The van der Waals surface area contributed by atoms with Crippen molar-refractivity contribution in [2.24, 2.45) is 0 Å². The van der Waals surface area contributed by atoms with E-state index in [0.717, 1.165) is 10.9 Å². The summed E-state index contributed by atoms with van der Waals surface area (Å²) in [5, 5.41) is 1.07. The summed E-state index contributed by atoms with van der Waals surface area (Å²) in [6.07, 6.45) is 4.89. The Kier molecular flexibility index (Phi) is 1.98. The molecule has 0 aliphatic rings. The Morgan fingerprint density at radius 3 is 3.00 bits per heavy atom. The van der Waals surface area contributed by atoms with Gasteiger partial charge in [-0.1, -0.05) is 6.07 Å². The number of hydrogen-bond acceptors (Lipinski definition) is 3. The van der Waals surface area contributed by atoms with Crippen molar-refractivity contribution in [2.75, 3.05) is 5.73 Å². The summed E-state index contributed by atoms with van der Waals surface area (Å²) in [4.78, 5) is 19.0. The number of carbonyl (C=O) groups is 1. The van der Waals surface area contributed by atoms with E-state index in [4.69, 9.17) is 5.73 Å². The second-order valence-corrected chi connectivity index (χ2v) is 3.74. The number of benzene rings is 1. The van der Waals surface area contributed by atoms with Crippen molar-refractivity contribution >= 4 is 22.8 Å². The first-order valence-corrected chi connectivity index (χ1v) is 5.16. The number of aromatic amines is 1. The maximum atomic E-state index is 12.1.